The van der Waals surface area contributed by atoms with E-state index in [1.807, 2.05) is 36.4 Å². The van der Waals surface area contributed by atoms with Gasteiger partial charge in [-0.15, -0.1) is 18.2 Å². The summed E-state index contributed by atoms with van der Waals surface area (Å²) in [5, 5.41) is 27.7. The number of aliphatic hydroxyl groups is 2. The normalized spacial score (nSPS) is 21.7. The summed E-state index contributed by atoms with van der Waals surface area (Å²) in [7, 11) is 3.02. The number of ether oxygens (including phenoxy) is 6. The van der Waals surface area contributed by atoms with Crippen LogP contribution in [-0.4, -0.2) is 91.4 Å². The predicted octanol–water partition coefficient (Wildman–Crippen LogP) is 10.2. The van der Waals surface area contributed by atoms with Gasteiger partial charge in [-0.05, 0) is 96.7 Å². The number of allylic oxidation sites excluding steroid dienone is 1. The quantitative estimate of drug-likeness (QED) is 0.0280. The standard InChI is InChI=1S/C53H61ClFN3O11/c1-4-27-66-53-48(58(52(62)65-28-24-54)33-35-16-18-38(55)19-17-35)32-45(57-67-34-36-12-6-5-7-13-36)42-29-37(14-8-10-25-59)41(15-9-11-26-60)49(50(42)53)43-30-40(21-23-46(43)69-53)68-51(61)56-44-22-20-39(63-2)31-47(44)64-3/h4-7,12-13,16-23,29-31,37,41,48-50,59-60H,1,8-11,14-15,24-28,32-34H2,2-3H3,(H,56,61)/t37-,41+,48-,49+,50+,53+/m0/s1. The second-order valence-electron chi connectivity index (χ2n) is 17.2. The highest BCUT2D eigenvalue weighted by Crippen LogP contribution is 2.62. The molecular weight excluding hydrogens is 909 g/mol. The van der Waals surface area contributed by atoms with Crippen LogP contribution in [0, 0.1) is 23.6 Å². The third-order valence-corrected chi connectivity index (χ3v) is 13.1. The first-order valence-electron chi connectivity index (χ1n) is 23.4. The van der Waals surface area contributed by atoms with Crippen LogP contribution in [0.3, 0.4) is 0 Å². The number of fused-ring (bicyclic) bond motifs is 2. The number of hydrogen-bond acceptors (Lipinski definition) is 12. The number of nitrogens with one attached hydrogen (secondary N) is 1. The Morgan fingerprint density at radius 1 is 0.942 bits per heavy atom. The minimum atomic E-state index is -1.63. The molecule has 0 unspecified atom stereocenters. The number of carbonyl (C=O) groups excluding carboxylic acids is 2. The van der Waals surface area contributed by atoms with Crippen molar-refractivity contribution in [2.45, 2.75) is 75.8 Å². The van der Waals surface area contributed by atoms with Crippen LogP contribution < -0.4 is 24.3 Å². The van der Waals surface area contributed by atoms with Gasteiger partial charge in [-0.2, -0.15) is 0 Å². The summed E-state index contributed by atoms with van der Waals surface area (Å²) in [6.45, 7) is 4.12. The van der Waals surface area contributed by atoms with E-state index in [4.69, 9.17) is 50.0 Å². The van der Waals surface area contributed by atoms with E-state index in [0.717, 1.165) is 29.5 Å². The van der Waals surface area contributed by atoms with Crippen molar-refractivity contribution in [1.29, 1.82) is 0 Å². The topological polar surface area (TPSA) is 167 Å². The molecule has 1 heterocycles. The van der Waals surface area contributed by atoms with Crippen molar-refractivity contribution < 1.29 is 57.5 Å². The average Bonchev–Trinajstić information content (AvgIpc) is 3.36. The molecule has 14 nitrogen and oxygen atoms in total. The number of rotatable bonds is 23. The maximum atomic E-state index is 14.6. The van der Waals surface area contributed by atoms with E-state index in [1.54, 1.807) is 48.5 Å². The van der Waals surface area contributed by atoms with Crippen LogP contribution in [0.25, 0.3) is 0 Å². The van der Waals surface area contributed by atoms with Crippen molar-refractivity contribution in [3.63, 3.8) is 0 Å². The number of hydrogen-bond donors (Lipinski definition) is 3. The van der Waals surface area contributed by atoms with E-state index in [2.05, 4.69) is 18.0 Å². The minimum Gasteiger partial charge on any atom is -0.497 e. The molecule has 0 saturated heterocycles. The van der Waals surface area contributed by atoms with Crippen LogP contribution in [0.4, 0.5) is 19.7 Å². The number of unbranched alkanes of at least 4 members (excludes halogenated alkanes) is 2. The van der Waals surface area contributed by atoms with Gasteiger partial charge in [0.1, 0.15) is 48.1 Å². The Balaban J connectivity index is 1.41. The van der Waals surface area contributed by atoms with Crippen LogP contribution in [0.15, 0.2) is 120 Å². The second-order valence-corrected chi connectivity index (χ2v) is 17.5. The van der Waals surface area contributed by atoms with Crippen molar-refractivity contribution >= 4 is 35.2 Å². The fourth-order valence-corrected chi connectivity index (χ4v) is 9.99. The summed E-state index contributed by atoms with van der Waals surface area (Å²) in [4.78, 5) is 36.0. The number of benzene rings is 4. The molecule has 0 radical (unpaired) electrons. The molecule has 7 rings (SSSR count). The lowest BCUT2D eigenvalue weighted by atomic mass is 9.55. The van der Waals surface area contributed by atoms with Crippen LogP contribution in [0.1, 0.15) is 67.6 Å². The molecule has 3 N–H and O–H groups in total. The molecule has 1 aliphatic heterocycles. The Kier molecular flexibility index (Phi) is 18.0. The molecule has 0 spiro atoms. The molecule has 4 aromatic rings. The molecule has 2 amide bonds. The van der Waals surface area contributed by atoms with Gasteiger partial charge in [-0.3, -0.25) is 10.2 Å². The highest BCUT2D eigenvalue weighted by Gasteiger charge is 2.65. The molecule has 0 aromatic heterocycles. The van der Waals surface area contributed by atoms with Crippen molar-refractivity contribution in [3.05, 3.63) is 138 Å². The summed E-state index contributed by atoms with van der Waals surface area (Å²) in [5.74, 6) is -1.73. The maximum absolute atomic E-state index is 14.6. The molecule has 2 aliphatic carbocycles. The zero-order valence-corrected chi connectivity index (χ0v) is 39.8. The van der Waals surface area contributed by atoms with Gasteiger partial charge < -0.3 is 43.5 Å². The van der Waals surface area contributed by atoms with Gasteiger partial charge in [0.05, 0.1) is 44.0 Å². The summed E-state index contributed by atoms with van der Waals surface area (Å²) in [6, 6.07) is 24.8. The monoisotopic (exact) mass is 969 g/mol. The van der Waals surface area contributed by atoms with Crippen molar-refractivity contribution in [1.82, 2.24) is 4.90 Å². The molecule has 368 valence electrons. The Bertz CT molecular complexity index is 2420. The number of methoxy groups -OCH3 is 2. The lowest BCUT2D eigenvalue weighted by Gasteiger charge is -2.59. The average molecular weight is 971 g/mol. The molecule has 1 saturated carbocycles. The Morgan fingerprint density at radius 2 is 1.70 bits per heavy atom. The molecule has 16 heteroatoms. The molecular formula is C53H61ClFN3O11. The number of amides is 2. The zero-order chi connectivity index (χ0) is 48.8. The third kappa shape index (κ3) is 12.0. The van der Waals surface area contributed by atoms with Crippen molar-refractivity contribution in [3.8, 4) is 23.0 Å². The SMILES string of the molecule is C=CCO[C@@]12Oc3ccc(OC(=O)Nc4ccc(OC)cc4OC)cc3[C@H]3[C@H](CCCCO)[C@@H](CCCCO)C=C(C(=NOCc4ccccc4)C[C@@H]1N(Cc1ccc(F)cc1)C(=O)OCCCl)[C@H]32. The smallest absolute Gasteiger partial charge is 0.417 e. The lowest BCUT2D eigenvalue weighted by Crippen LogP contribution is -2.70. The van der Waals surface area contributed by atoms with E-state index in [9.17, 15) is 24.2 Å². The number of aliphatic hydroxyl groups excluding tert-OH is 2. The van der Waals surface area contributed by atoms with Crippen LogP contribution in [-0.2, 0) is 27.5 Å². The van der Waals surface area contributed by atoms with Crippen LogP contribution in [0.2, 0.25) is 0 Å². The summed E-state index contributed by atoms with van der Waals surface area (Å²) < 4.78 is 51.3. The largest absolute Gasteiger partial charge is 0.497 e. The molecule has 4 aromatic carbocycles. The van der Waals surface area contributed by atoms with Gasteiger partial charge in [0.2, 0.25) is 5.79 Å². The first-order valence-corrected chi connectivity index (χ1v) is 23.9. The highest BCUT2D eigenvalue weighted by atomic mass is 35.5. The fraction of sp³-hybridized carbons (Fsp3) is 0.415. The maximum Gasteiger partial charge on any atom is 0.417 e. The first-order chi connectivity index (χ1) is 33.7. The van der Waals surface area contributed by atoms with Crippen LogP contribution >= 0.6 is 11.6 Å². The van der Waals surface area contributed by atoms with E-state index < -0.39 is 41.7 Å². The van der Waals surface area contributed by atoms with Crippen molar-refractivity contribution in [2.75, 3.05) is 51.8 Å². The van der Waals surface area contributed by atoms with Crippen LogP contribution in [0.5, 0.6) is 23.0 Å². The van der Waals surface area contributed by atoms with E-state index in [-0.39, 0.29) is 69.5 Å². The third-order valence-electron chi connectivity index (χ3n) is 12.9. The molecule has 3 aliphatic rings. The molecule has 6 atom stereocenters. The Labute approximate surface area is 407 Å². The summed E-state index contributed by atoms with van der Waals surface area (Å²) in [5.41, 5.74) is 3.99. The Hall–Kier alpha value is -6.13. The number of nitrogens with zero attached hydrogens (tertiary/aromatic N) is 2. The summed E-state index contributed by atoms with van der Waals surface area (Å²) >= 11 is 6.09. The molecule has 0 bridgehead atoms. The Morgan fingerprint density at radius 3 is 2.41 bits per heavy atom. The van der Waals surface area contributed by atoms with E-state index in [0.29, 0.717) is 59.9 Å². The van der Waals surface area contributed by atoms with Gasteiger partial charge in [-0.1, -0.05) is 72.6 Å². The van der Waals surface area contributed by atoms with Gasteiger partial charge >= 0.3 is 12.2 Å². The van der Waals surface area contributed by atoms with Gasteiger partial charge in [0.15, 0.2) is 0 Å². The van der Waals surface area contributed by atoms with Gasteiger partial charge in [0.25, 0.3) is 0 Å². The number of carbonyl (C=O) groups is 2. The first kappa shape index (κ1) is 50.7. The van der Waals surface area contributed by atoms with Gasteiger partial charge in [0, 0.05) is 43.7 Å². The number of anilines is 1. The summed E-state index contributed by atoms with van der Waals surface area (Å²) in [6.07, 6.45) is 6.46. The second kappa shape index (κ2) is 24.4. The zero-order valence-electron chi connectivity index (χ0n) is 39.0. The van der Waals surface area contributed by atoms with Gasteiger partial charge in [-0.25, -0.2) is 14.0 Å². The molecule has 1 fully saturated rings. The number of halogens is 2. The predicted molar refractivity (Wildman–Crippen MR) is 259 cm³/mol. The lowest BCUT2D eigenvalue weighted by molar-refractivity contribution is -0.256. The highest BCUT2D eigenvalue weighted by molar-refractivity contribution is 6.18. The minimum absolute atomic E-state index is 0.00956. The fourth-order valence-electron chi connectivity index (χ4n) is 9.91. The number of alkyl halides is 1. The molecule has 69 heavy (non-hydrogen) atoms. The van der Waals surface area contributed by atoms with E-state index in [1.165, 1.54) is 31.3 Å². The van der Waals surface area contributed by atoms with E-state index >= 15 is 0 Å². The number of oxime groups is 1. The van der Waals surface area contributed by atoms with Crippen molar-refractivity contribution in [2.24, 2.45) is 22.9 Å².